The number of hydrogen-bond acceptors (Lipinski definition) is 2. The van der Waals surface area contributed by atoms with Crippen LogP contribution in [-0.4, -0.2) is 26.3 Å². The van der Waals surface area contributed by atoms with Crippen LogP contribution in [0.4, 0.5) is 5.69 Å². The van der Waals surface area contributed by atoms with Crippen molar-refractivity contribution in [2.75, 3.05) is 31.2 Å². The number of ether oxygens (including phenoxy) is 1. The van der Waals surface area contributed by atoms with Crippen LogP contribution in [0.25, 0.3) is 0 Å². The minimum Gasteiger partial charge on any atom is -0.378 e. The number of morpholine rings is 1. The van der Waals surface area contributed by atoms with Gasteiger partial charge in [0.1, 0.15) is 0 Å². The van der Waals surface area contributed by atoms with Gasteiger partial charge in [0.05, 0.1) is 18.9 Å². The van der Waals surface area contributed by atoms with Crippen LogP contribution in [0.3, 0.4) is 0 Å². The summed E-state index contributed by atoms with van der Waals surface area (Å²) in [6.07, 6.45) is 0. The van der Waals surface area contributed by atoms with Crippen molar-refractivity contribution in [1.29, 1.82) is 0 Å². The topological polar surface area (TPSA) is 32.4 Å². The second-order valence-corrected chi connectivity index (χ2v) is 3.07. The monoisotopic (exact) mass is 178 g/mol. The molecule has 0 aliphatic carbocycles. The average Bonchev–Trinajstić information content (AvgIpc) is 2.20. The molecule has 1 aliphatic heterocycles. The zero-order valence-electron chi connectivity index (χ0n) is 7.40. The van der Waals surface area contributed by atoms with E-state index in [1.807, 2.05) is 12.1 Å². The van der Waals surface area contributed by atoms with E-state index in [1.54, 1.807) is 12.1 Å². The Bertz CT molecular complexity index is 282. The Kier molecular flexibility index (Phi) is 2.36. The highest BCUT2D eigenvalue weighted by molar-refractivity contribution is 5.57. The molecular formula is C10H12NO2. The quantitative estimate of drug-likeness (QED) is 0.655. The molecule has 3 heteroatoms. The van der Waals surface area contributed by atoms with Crippen molar-refractivity contribution >= 4 is 5.69 Å². The molecule has 0 atom stereocenters. The highest BCUT2D eigenvalue weighted by atomic mass is 16.5. The van der Waals surface area contributed by atoms with E-state index in [-0.39, 0.29) is 5.75 Å². The first kappa shape index (κ1) is 8.38. The third-order valence-corrected chi connectivity index (χ3v) is 2.22. The number of para-hydroxylation sites is 2. The number of benzene rings is 1. The molecule has 0 saturated carbocycles. The predicted octanol–water partition coefficient (Wildman–Crippen LogP) is 1.67. The third-order valence-electron chi connectivity index (χ3n) is 2.22. The van der Waals surface area contributed by atoms with Crippen molar-refractivity contribution in [1.82, 2.24) is 0 Å². The third kappa shape index (κ3) is 1.75. The average molecular weight is 178 g/mol. The fourth-order valence-corrected chi connectivity index (χ4v) is 1.52. The molecular weight excluding hydrogens is 166 g/mol. The summed E-state index contributed by atoms with van der Waals surface area (Å²) >= 11 is 0. The summed E-state index contributed by atoms with van der Waals surface area (Å²) in [5, 5.41) is 11.4. The van der Waals surface area contributed by atoms with Crippen LogP contribution >= 0.6 is 0 Å². The van der Waals surface area contributed by atoms with E-state index in [2.05, 4.69) is 4.90 Å². The summed E-state index contributed by atoms with van der Waals surface area (Å²) in [5.74, 6) is 0.101. The van der Waals surface area contributed by atoms with Crippen molar-refractivity contribution in [3.63, 3.8) is 0 Å². The summed E-state index contributed by atoms with van der Waals surface area (Å²) in [7, 11) is 0. The Morgan fingerprint density at radius 1 is 1.15 bits per heavy atom. The fourth-order valence-electron chi connectivity index (χ4n) is 1.52. The van der Waals surface area contributed by atoms with Crippen LogP contribution in [0.15, 0.2) is 24.3 Å². The van der Waals surface area contributed by atoms with Gasteiger partial charge < -0.3 is 9.64 Å². The number of rotatable bonds is 1. The maximum atomic E-state index is 11.4. The summed E-state index contributed by atoms with van der Waals surface area (Å²) in [5.41, 5.74) is 0.797. The summed E-state index contributed by atoms with van der Waals surface area (Å²) in [4.78, 5) is 2.08. The van der Waals surface area contributed by atoms with E-state index in [4.69, 9.17) is 4.74 Å². The molecule has 1 radical (unpaired) electrons. The zero-order chi connectivity index (χ0) is 9.10. The van der Waals surface area contributed by atoms with E-state index in [0.29, 0.717) is 13.2 Å². The van der Waals surface area contributed by atoms with Gasteiger partial charge in [-0.05, 0) is 12.1 Å². The number of hydrogen-bond donors (Lipinski definition) is 0. The minimum atomic E-state index is 0.101. The lowest BCUT2D eigenvalue weighted by molar-refractivity contribution is 0.122. The molecule has 13 heavy (non-hydrogen) atoms. The molecule has 3 nitrogen and oxygen atoms in total. The van der Waals surface area contributed by atoms with Crippen LogP contribution < -0.4 is 4.90 Å². The molecule has 0 unspecified atom stereocenters. The van der Waals surface area contributed by atoms with Gasteiger partial charge in [0.2, 0.25) is 5.75 Å². The van der Waals surface area contributed by atoms with Crippen LogP contribution in [0.5, 0.6) is 5.75 Å². The molecule has 0 bridgehead atoms. The highest BCUT2D eigenvalue weighted by Gasteiger charge is 2.14. The predicted molar refractivity (Wildman–Crippen MR) is 49.6 cm³/mol. The van der Waals surface area contributed by atoms with Gasteiger partial charge in [-0.2, -0.15) is 0 Å². The van der Waals surface area contributed by atoms with Gasteiger partial charge in [-0.3, -0.25) is 5.11 Å². The van der Waals surface area contributed by atoms with E-state index in [0.717, 1.165) is 18.8 Å². The Hall–Kier alpha value is -1.22. The first-order valence-electron chi connectivity index (χ1n) is 4.46. The van der Waals surface area contributed by atoms with E-state index in [9.17, 15) is 5.11 Å². The van der Waals surface area contributed by atoms with Crippen LogP contribution in [0.2, 0.25) is 0 Å². The molecule has 0 spiro atoms. The number of nitrogens with zero attached hydrogens (tertiary/aromatic N) is 1. The van der Waals surface area contributed by atoms with Crippen molar-refractivity contribution in [3.05, 3.63) is 24.3 Å². The minimum absolute atomic E-state index is 0.101. The lowest BCUT2D eigenvalue weighted by Crippen LogP contribution is -2.36. The first-order valence-corrected chi connectivity index (χ1v) is 4.46. The van der Waals surface area contributed by atoms with Crippen molar-refractivity contribution in [3.8, 4) is 5.75 Å². The van der Waals surface area contributed by atoms with Crippen LogP contribution in [-0.2, 0) is 9.84 Å². The molecule has 1 aromatic rings. The van der Waals surface area contributed by atoms with Gasteiger partial charge >= 0.3 is 0 Å². The SMILES string of the molecule is [O]c1ccccc1N1CCOCC1. The lowest BCUT2D eigenvalue weighted by atomic mass is 10.2. The summed E-state index contributed by atoms with van der Waals surface area (Å²) in [6.45, 7) is 3.07. The van der Waals surface area contributed by atoms with Gasteiger partial charge in [0.25, 0.3) is 0 Å². The van der Waals surface area contributed by atoms with Crippen LogP contribution in [0, 0.1) is 0 Å². The summed E-state index contributed by atoms with van der Waals surface area (Å²) in [6, 6.07) is 7.14. The molecule has 0 aromatic heterocycles. The second kappa shape index (κ2) is 3.66. The first-order chi connectivity index (χ1) is 6.38. The Morgan fingerprint density at radius 2 is 1.85 bits per heavy atom. The summed E-state index contributed by atoms with van der Waals surface area (Å²) < 4.78 is 5.22. The maximum Gasteiger partial charge on any atom is 0.201 e. The van der Waals surface area contributed by atoms with Gasteiger partial charge in [-0.15, -0.1) is 0 Å². The Morgan fingerprint density at radius 3 is 2.54 bits per heavy atom. The Labute approximate surface area is 77.6 Å². The molecule has 1 saturated heterocycles. The van der Waals surface area contributed by atoms with Crippen molar-refractivity contribution in [2.24, 2.45) is 0 Å². The van der Waals surface area contributed by atoms with Crippen molar-refractivity contribution < 1.29 is 9.84 Å². The highest BCUT2D eigenvalue weighted by Crippen LogP contribution is 2.27. The smallest absolute Gasteiger partial charge is 0.201 e. The molecule has 1 aliphatic rings. The fraction of sp³-hybridized carbons (Fsp3) is 0.400. The van der Waals surface area contributed by atoms with Gasteiger partial charge in [0, 0.05) is 13.1 Å². The van der Waals surface area contributed by atoms with Gasteiger partial charge in [-0.1, -0.05) is 12.1 Å². The second-order valence-electron chi connectivity index (χ2n) is 3.07. The molecule has 0 N–H and O–H groups in total. The van der Waals surface area contributed by atoms with Gasteiger partial charge in [-0.25, -0.2) is 0 Å². The van der Waals surface area contributed by atoms with Gasteiger partial charge in [0.15, 0.2) is 0 Å². The van der Waals surface area contributed by atoms with E-state index in [1.165, 1.54) is 0 Å². The standard InChI is InChI=1S/C10H12NO2/c12-10-4-2-1-3-9(10)11-5-7-13-8-6-11/h1-4H,5-8H2. The molecule has 2 rings (SSSR count). The largest absolute Gasteiger partial charge is 0.378 e. The van der Waals surface area contributed by atoms with E-state index < -0.39 is 0 Å². The maximum absolute atomic E-state index is 11.4. The van der Waals surface area contributed by atoms with E-state index >= 15 is 0 Å². The lowest BCUT2D eigenvalue weighted by Gasteiger charge is -2.28. The van der Waals surface area contributed by atoms with Crippen molar-refractivity contribution in [2.45, 2.75) is 0 Å². The van der Waals surface area contributed by atoms with Crippen LogP contribution in [0.1, 0.15) is 0 Å². The molecule has 1 heterocycles. The molecule has 1 fully saturated rings. The Balaban J connectivity index is 2.18. The zero-order valence-corrected chi connectivity index (χ0v) is 7.40. The molecule has 1 aromatic carbocycles. The normalized spacial score (nSPS) is 17.4. The number of anilines is 1. The molecule has 69 valence electrons. The molecule has 0 amide bonds.